The second kappa shape index (κ2) is 7.07. The second-order valence-electron chi connectivity index (χ2n) is 5.28. The maximum atomic E-state index is 8.86. The minimum absolute atomic E-state index is 0.639. The van der Waals surface area contributed by atoms with Crippen LogP contribution >= 0.6 is 11.3 Å². The molecule has 5 heteroatoms. The summed E-state index contributed by atoms with van der Waals surface area (Å²) in [6.45, 7) is 2.07. The van der Waals surface area contributed by atoms with Gasteiger partial charge >= 0.3 is 0 Å². The van der Waals surface area contributed by atoms with Crippen LogP contribution in [0.25, 0.3) is 11.3 Å². The van der Waals surface area contributed by atoms with E-state index in [1.165, 1.54) is 5.56 Å². The standard InChI is InChI=1S/C19H16N4S/c1-14-3-9-17(10-4-14)18-13-24-19(21-2)23(18)22-12-16-7-5-15(11-20)6-8-16/h3-10,12-13H,1-2H3. The van der Waals surface area contributed by atoms with Crippen molar-refractivity contribution in [2.24, 2.45) is 10.1 Å². The van der Waals surface area contributed by atoms with Crippen molar-refractivity contribution in [2.75, 3.05) is 7.05 Å². The largest absolute Gasteiger partial charge is 0.261 e. The molecule has 4 nitrogen and oxygen atoms in total. The Balaban J connectivity index is 2.00. The number of benzene rings is 2. The first-order chi connectivity index (χ1) is 11.7. The van der Waals surface area contributed by atoms with E-state index in [0.29, 0.717) is 5.56 Å². The van der Waals surface area contributed by atoms with Gasteiger partial charge in [0.2, 0.25) is 4.80 Å². The van der Waals surface area contributed by atoms with Gasteiger partial charge in [-0.1, -0.05) is 42.0 Å². The fourth-order valence-corrected chi connectivity index (χ4v) is 3.06. The summed E-state index contributed by atoms with van der Waals surface area (Å²) in [7, 11) is 1.76. The van der Waals surface area contributed by atoms with Crippen LogP contribution in [-0.2, 0) is 0 Å². The summed E-state index contributed by atoms with van der Waals surface area (Å²) in [4.78, 5) is 5.13. The molecule has 0 aliphatic heterocycles. The molecule has 1 heterocycles. The second-order valence-corrected chi connectivity index (χ2v) is 6.12. The van der Waals surface area contributed by atoms with E-state index in [2.05, 4.69) is 52.7 Å². The number of nitrogens with zero attached hydrogens (tertiary/aromatic N) is 4. The molecule has 0 bridgehead atoms. The normalized spacial score (nSPS) is 11.8. The first-order valence-electron chi connectivity index (χ1n) is 7.46. The Kier molecular flexibility index (Phi) is 4.69. The van der Waals surface area contributed by atoms with Gasteiger partial charge in [-0.25, -0.2) is 4.68 Å². The maximum Gasteiger partial charge on any atom is 0.205 e. The molecule has 0 fully saturated rings. The van der Waals surface area contributed by atoms with E-state index in [0.717, 1.165) is 21.6 Å². The predicted molar refractivity (Wildman–Crippen MR) is 98.1 cm³/mol. The van der Waals surface area contributed by atoms with Crippen molar-refractivity contribution in [3.63, 3.8) is 0 Å². The monoisotopic (exact) mass is 332 g/mol. The van der Waals surface area contributed by atoms with E-state index in [4.69, 9.17) is 5.26 Å². The molecule has 0 saturated carbocycles. The highest BCUT2D eigenvalue weighted by molar-refractivity contribution is 7.07. The molecular weight excluding hydrogens is 316 g/mol. The number of nitriles is 1. The summed E-state index contributed by atoms with van der Waals surface area (Å²) < 4.78 is 1.84. The quantitative estimate of drug-likeness (QED) is 0.673. The molecule has 3 rings (SSSR count). The third-order valence-corrected chi connectivity index (χ3v) is 4.49. The highest BCUT2D eigenvalue weighted by atomic mass is 32.1. The van der Waals surface area contributed by atoms with Gasteiger partial charge in [0.15, 0.2) is 0 Å². The summed E-state index contributed by atoms with van der Waals surface area (Å²) >= 11 is 1.56. The van der Waals surface area contributed by atoms with Gasteiger partial charge in [0, 0.05) is 18.0 Å². The Hall–Kier alpha value is -2.97. The van der Waals surface area contributed by atoms with Gasteiger partial charge in [-0.05, 0) is 24.6 Å². The van der Waals surface area contributed by atoms with Crippen molar-refractivity contribution < 1.29 is 0 Å². The smallest absolute Gasteiger partial charge is 0.205 e. The predicted octanol–water partition coefficient (Wildman–Crippen LogP) is 3.81. The van der Waals surface area contributed by atoms with Crippen LogP contribution in [0.5, 0.6) is 0 Å². The maximum absolute atomic E-state index is 8.86. The zero-order valence-corrected chi connectivity index (χ0v) is 14.3. The van der Waals surface area contributed by atoms with E-state index < -0.39 is 0 Å². The lowest BCUT2D eigenvalue weighted by molar-refractivity contribution is 0.848. The Bertz CT molecular complexity index is 968. The molecule has 24 heavy (non-hydrogen) atoms. The average Bonchev–Trinajstić information content (AvgIpc) is 3.04. The number of thiazole rings is 1. The molecule has 0 aliphatic carbocycles. The van der Waals surface area contributed by atoms with Crippen LogP contribution in [0, 0.1) is 18.3 Å². The average molecular weight is 332 g/mol. The fourth-order valence-electron chi connectivity index (χ4n) is 2.25. The Morgan fingerprint density at radius 2 is 1.79 bits per heavy atom. The Morgan fingerprint density at radius 1 is 1.08 bits per heavy atom. The van der Waals surface area contributed by atoms with E-state index in [-0.39, 0.29) is 0 Å². The van der Waals surface area contributed by atoms with Crippen molar-refractivity contribution in [2.45, 2.75) is 6.92 Å². The minimum Gasteiger partial charge on any atom is -0.261 e. The summed E-state index contributed by atoms with van der Waals surface area (Å²) in [6, 6.07) is 17.8. The van der Waals surface area contributed by atoms with E-state index in [9.17, 15) is 0 Å². The molecule has 0 amide bonds. The zero-order chi connectivity index (χ0) is 16.9. The molecule has 2 aromatic carbocycles. The minimum atomic E-state index is 0.639. The first kappa shape index (κ1) is 15.9. The van der Waals surface area contributed by atoms with Crippen LogP contribution in [-0.4, -0.2) is 17.9 Å². The van der Waals surface area contributed by atoms with Crippen LogP contribution in [0.3, 0.4) is 0 Å². The van der Waals surface area contributed by atoms with Crippen molar-refractivity contribution in [3.8, 4) is 17.3 Å². The molecule has 0 atom stereocenters. The van der Waals surface area contributed by atoms with Gasteiger partial charge in [0.25, 0.3) is 0 Å². The van der Waals surface area contributed by atoms with Gasteiger partial charge in [0.05, 0.1) is 23.5 Å². The zero-order valence-electron chi connectivity index (χ0n) is 13.5. The summed E-state index contributed by atoms with van der Waals surface area (Å²) in [5.41, 5.74) is 4.90. The van der Waals surface area contributed by atoms with Crippen molar-refractivity contribution in [1.82, 2.24) is 4.68 Å². The molecule has 0 N–H and O–H groups in total. The molecule has 118 valence electrons. The molecule has 0 radical (unpaired) electrons. The van der Waals surface area contributed by atoms with Gasteiger partial charge < -0.3 is 0 Å². The molecule has 0 saturated heterocycles. The topological polar surface area (TPSA) is 53.4 Å². The summed E-state index contributed by atoms with van der Waals surface area (Å²) in [5, 5.41) is 15.5. The van der Waals surface area contributed by atoms with E-state index >= 15 is 0 Å². The van der Waals surface area contributed by atoms with Crippen LogP contribution in [0.2, 0.25) is 0 Å². The summed E-state index contributed by atoms with van der Waals surface area (Å²) in [6.07, 6.45) is 1.78. The Morgan fingerprint density at radius 3 is 2.42 bits per heavy atom. The third-order valence-electron chi connectivity index (χ3n) is 3.59. The van der Waals surface area contributed by atoms with Gasteiger partial charge in [-0.3, -0.25) is 4.99 Å². The van der Waals surface area contributed by atoms with Crippen molar-refractivity contribution in [1.29, 1.82) is 5.26 Å². The van der Waals surface area contributed by atoms with Crippen LogP contribution in [0.4, 0.5) is 0 Å². The number of hydrogen-bond acceptors (Lipinski definition) is 4. The number of hydrogen-bond donors (Lipinski definition) is 0. The lowest BCUT2D eigenvalue weighted by Gasteiger charge is -2.04. The lowest BCUT2D eigenvalue weighted by Crippen LogP contribution is -2.11. The molecule has 0 unspecified atom stereocenters. The van der Waals surface area contributed by atoms with Gasteiger partial charge in [0.1, 0.15) is 0 Å². The van der Waals surface area contributed by atoms with E-state index in [1.807, 2.05) is 16.8 Å². The number of aryl methyl sites for hydroxylation is 1. The highest BCUT2D eigenvalue weighted by Crippen LogP contribution is 2.20. The number of rotatable bonds is 3. The third kappa shape index (κ3) is 3.34. The fraction of sp³-hybridized carbons (Fsp3) is 0.105. The first-order valence-corrected chi connectivity index (χ1v) is 8.34. The summed E-state index contributed by atoms with van der Waals surface area (Å²) in [5.74, 6) is 0. The van der Waals surface area contributed by atoms with Gasteiger partial charge in [-0.15, -0.1) is 11.3 Å². The Labute approximate surface area is 144 Å². The lowest BCUT2D eigenvalue weighted by atomic mass is 10.1. The van der Waals surface area contributed by atoms with Gasteiger partial charge in [-0.2, -0.15) is 10.4 Å². The molecular formula is C19H16N4S. The van der Waals surface area contributed by atoms with Crippen LogP contribution < -0.4 is 4.80 Å². The molecule has 0 aliphatic rings. The highest BCUT2D eigenvalue weighted by Gasteiger charge is 2.06. The van der Waals surface area contributed by atoms with Crippen molar-refractivity contribution in [3.05, 3.63) is 75.4 Å². The van der Waals surface area contributed by atoms with Crippen molar-refractivity contribution >= 4 is 17.6 Å². The van der Waals surface area contributed by atoms with Crippen LogP contribution in [0.15, 0.2) is 64.0 Å². The number of aromatic nitrogens is 1. The van der Waals surface area contributed by atoms with E-state index in [1.54, 1.807) is 36.7 Å². The molecule has 1 aromatic heterocycles. The molecule has 0 spiro atoms. The SMILES string of the molecule is CN=c1scc(-c2ccc(C)cc2)n1N=Cc1ccc(C#N)cc1. The molecule has 3 aromatic rings. The van der Waals surface area contributed by atoms with Crippen LogP contribution in [0.1, 0.15) is 16.7 Å².